The van der Waals surface area contributed by atoms with Crippen LogP contribution in [-0.4, -0.2) is 28.3 Å². The number of hydrogen-bond donors (Lipinski definition) is 3. The lowest BCUT2D eigenvalue weighted by Crippen LogP contribution is -2.17. The third kappa shape index (κ3) is 4.56. The molecule has 1 aromatic heterocycles. The van der Waals surface area contributed by atoms with Crippen LogP contribution in [0.1, 0.15) is 25.6 Å². The van der Waals surface area contributed by atoms with Crippen LogP contribution in [0, 0.1) is 0 Å². The van der Waals surface area contributed by atoms with E-state index in [4.69, 9.17) is 16.3 Å². The zero-order valence-electron chi connectivity index (χ0n) is 16.3. The first kappa shape index (κ1) is 21.4. The Bertz CT molecular complexity index is 1350. The first-order valence-corrected chi connectivity index (χ1v) is 10.5. The number of fused-ring (bicyclic) bond motifs is 1. The van der Waals surface area contributed by atoms with Gasteiger partial charge in [0.1, 0.15) is 22.1 Å². The van der Waals surface area contributed by atoms with Gasteiger partial charge in [-0.1, -0.05) is 29.8 Å². The molecular weight excluding hydrogens is 452 g/mol. The Morgan fingerprint density at radius 2 is 1.78 bits per heavy atom. The number of phenols is 2. The van der Waals surface area contributed by atoms with Crippen LogP contribution in [0.25, 0.3) is 10.1 Å². The first-order chi connectivity index (χ1) is 15.4. The molecule has 4 rings (SSSR count). The van der Waals surface area contributed by atoms with Gasteiger partial charge < -0.3 is 14.9 Å². The van der Waals surface area contributed by atoms with Crippen molar-refractivity contribution in [2.24, 2.45) is 5.10 Å². The molecule has 7 nitrogen and oxygen atoms in total. The summed E-state index contributed by atoms with van der Waals surface area (Å²) in [5.74, 6) is -1.36. The first-order valence-electron chi connectivity index (χ1n) is 9.27. The Morgan fingerprint density at radius 3 is 2.50 bits per heavy atom. The number of carbonyl (C=O) groups is 2. The minimum atomic E-state index is -0.635. The summed E-state index contributed by atoms with van der Waals surface area (Å²) in [6.45, 7) is 0. The number of nitrogens with zero attached hydrogens (tertiary/aromatic N) is 1. The summed E-state index contributed by atoms with van der Waals surface area (Å²) in [5.41, 5.74) is 2.90. The quantitative estimate of drug-likeness (QED) is 0.167. The van der Waals surface area contributed by atoms with Crippen molar-refractivity contribution in [3.05, 3.63) is 87.8 Å². The molecule has 0 aliphatic rings. The molecule has 32 heavy (non-hydrogen) atoms. The molecule has 1 amide bonds. The van der Waals surface area contributed by atoms with Gasteiger partial charge in [-0.25, -0.2) is 10.2 Å². The highest BCUT2D eigenvalue weighted by Gasteiger charge is 2.19. The molecule has 0 saturated heterocycles. The van der Waals surface area contributed by atoms with Gasteiger partial charge in [0.2, 0.25) is 0 Å². The van der Waals surface area contributed by atoms with Crippen molar-refractivity contribution in [2.45, 2.75) is 0 Å². The van der Waals surface area contributed by atoms with E-state index in [9.17, 15) is 19.8 Å². The Morgan fingerprint density at radius 1 is 1.03 bits per heavy atom. The van der Waals surface area contributed by atoms with Crippen LogP contribution in [0.3, 0.4) is 0 Å². The van der Waals surface area contributed by atoms with Crippen molar-refractivity contribution in [1.29, 1.82) is 0 Å². The van der Waals surface area contributed by atoms with Crippen molar-refractivity contribution >= 4 is 51.1 Å². The topological polar surface area (TPSA) is 108 Å². The summed E-state index contributed by atoms with van der Waals surface area (Å²) in [7, 11) is 0. The molecule has 0 spiro atoms. The number of benzene rings is 3. The number of rotatable bonds is 5. The number of halogens is 1. The Balaban J connectivity index is 1.39. The van der Waals surface area contributed by atoms with Gasteiger partial charge in [-0.05, 0) is 48.0 Å². The van der Waals surface area contributed by atoms with E-state index in [1.165, 1.54) is 29.7 Å². The highest BCUT2D eigenvalue weighted by Crippen LogP contribution is 2.35. The Kier molecular flexibility index (Phi) is 6.07. The molecule has 0 bridgehead atoms. The molecule has 1 heterocycles. The van der Waals surface area contributed by atoms with E-state index in [-0.39, 0.29) is 17.1 Å². The standard InChI is InChI=1S/C23H15ClN2O5S/c24-20-17-3-1-2-4-19(17)32-21(20)23(30)31-15-8-5-13(6-9-15)12-25-26-22(29)16-10-7-14(27)11-18(16)28/h1-12,27-28H,(H,26,29). The van der Waals surface area contributed by atoms with E-state index >= 15 is 0 Å². The zero-order valence-corrected chi connectivity index (χ0v) is 17.9. The van der Waals surface area contributed by atoms with E-state index < -0.39 is 11.9 Å². The van der Waals surface area contributed by atoms with Crippen LogP contribution < -0.4 is 10.2 Å². The van der Waals surface area contributed by atoms with Crippen LogP contribution in [0.15, 0.2) is 71.8 Å². The minimum Gasteiger partial charge on any atom is -0.508 e. The summed E-state index contributed by atoms with van der Waals surface area (Å²) < 4.78 is 6.32. The zero-order chi connectivity index (χ0) is 22.7. The van der Waals surface area contributed by atoms with Gasteiger partial charge >= 0.3 is 5.97 Å². The fourth-order valence-corrected chi connectivity index (χ4v) is 4.24. The SMILES string of the molecule is O=C(NN=Cc1ccc(OC(=O)c2sc3ccccc3c2Cl)cc1)c1ccc(O)cc1O. The van der Waals surface area contributed by atoms with Gasteiger partial charge in [0.25, 0.3) is 5.91 Å². The molecule has 160 valence electrons. The third-order valence-electron chi connectivity index (χ3n) is 4.42. The van der Waals surface area contributed by atoms with Gasteiger partial charge in [-0.2, -0.15) is 5.10 Å². The number of thiophene rings is 1. The summed E-state index contributed by atoms with van der Waals surface area (Å²) in [4.78, 5) is 24.9. The summed E-state index contributed by atoms with van der Waals surface area (Å²) in [6, 6.07) is 17.6. The molecule has 0 aliphatic carbocycles. The van der Waals surface area contributed by atoms with Crippen molar-refractivity contribution in [1.82, 2.24) is 5.43 Å². The lowest BCUT2D eigenvalue weighted by atomic mass is 10.2. The fourth-order valence-electron chi connectivity index (χ4n) is 2.86. The lowest BCUT2D eigenvalue weighted by molar-refractivity contribution is 0.0739. The fraction of sp³-hybridized carbons (Fsp3) is 0. The molecule has 0 fully saturated rings. The lowest BCUT2D eigenvalue weighted by Gasteiger charge is -2.04. The number of phenolic OH excluding ortho intramolecular Hbond substituents is 2. The summed E-state index contributed by atoms with van der Waals surface area (Å²) in [6.07, 6.45) is 1.39. The second kappa shape index (κ2) is 9.09. The number of aromatic hydroxyl groups is 2. The van der Waals surface area contributed by atoms with Gasteiger partial charge in [0, 0.05) is 16.2 Å². The maximum atomic E-state index is 12.5. The maximum Gasteiger partial charge on any atom is 0.355 e. The third-order valence-corrected chi connectivity index (χ3v) is 6.07. The summed E-state index contributed by atoms with van der Waals surface area (Å²) >= 11 is 7.59. The average Bonchev–Trinajstić information content (AvgIpc) is 3.12. The molecule has 0 unspecified atom stereocenters. The molecule has 9 heteroatoms. The summed E-state index contributed by atoms with van der Waals surface area (Å²) in [5, 5.41) is 24.0. The maximum absolute atomic E-state index is 12.5. The minimum absolute atomic E-state index is 0.0258. The number of amides is 1. The smallest absolute Gasteiger partial charge is 0.355 e. The Labute approximate surface area is 191 Å². The number of ether oxygens (including phenoxy) is 1. The predicted octanol–water partition coefficient (Wildman–Crippen LogP) is 4.95. The van der Waals surface area contributed by atoms with Gasteiger partial charge in [-0.3, -0.25) is 4.79 Å². The largest absolute Gasteiger partial charge is 0.508 e. The van der Waals surface area contributed by atoms with Crippen LogP contribution in [-0.2, 0) is 0 Å². The van der Waals surface area contributed by atoms with Gasteiger partial charge in [0.15, 0.2) is 0 Å². The van der Waals surface area contributed by atoms with E-state index in [0.717, 1.165) is 16.2 Å². The normalized spacial score (nSPS) is 11.0. The molecule has 0 saturated carbocycles. The molecule has 4 aromatic rings. The average molecular weight is 467 g/mol. The number of hydrazone groups is 1. The molecular formula is C23H15ClN2O5S. The van der Waals surface area contributed by atoms with Crippen molar-refractivity contribution < 1.29 is 24.5 Å². The predicted molar refractivity (Wildman–Crippen MR) is 123 cm³/mol. The van der Waals surface area contributed by atoms with Crippen LogP contribution in [0.2, 0.25) is 5.02 Å². The Hall–Kier alpha value is -3.88. The monoisotopic (exact) mass is 466 g/mol. The van der Waals surface area contributed by atoms with E-state index in [0.29, 0.717) is 21.2 Å². The number of hydrogen-bond acceptors (Lipinski definition) is 7. The second-order valence-corrected chi connectivity index (χ2v) is 8.03. The van der Waals surface area contributed by atoms with Gasteiger partial charge in [0.05, 0.1) is 16.8 Å². The molecule has 0 radical (unpaired) electrons. The van der Waals surface area contributed by atoms with Crippen LogP contribution in [0.5, 0.6) is 17.2 Å². The van der Waals surface area contributed by atoms with Crippen molar-refractivity contribution in [3.63, 3.8) is 0 Å². The van der Waals surface area contributed by atoms with E-state index in [1.807, 2.05) is 24.3 Å². The molecule has 0 atom stereocenters. The van der Waals surface area contributed by atoms with Crippen molar-refractivity contribution in [2.75, 3.05) is 0 Å². The number of carbonyl (C=O) groups excluding carboxylic acids is 2. The highest BCUT2D eigenvalue weighted by atomic mass is 35.5. The highest BCUT2D eigenvalue weighted by molar-refractivity contribution is 7.21. The van der Waals surface area contributed by atoms with E-state index in [1.54, 1.807) is 24.3 Å². The molecule has 3 N–H and O–H groups in total. The second-order valence-electron chi connectivity index (χ2n) is 6.60. The number of esters is 1. The van der Waals surface area contributed by atoms with E-state index in [2.05, 4.69) is 10.5 Å². The van der Waals surface area contributed by atoms with Gasteiger partial charge in [-0.15, -0.1) is 11.3 Å². The number of nitrogens with one attached hydrogen (secondary N) is 1. The molecule has 0 aliphatic heterocycles. The van der Waals surface area contributed by atoms with Crippen LogP contribution >= 0.6 is 22.9 Å². The van der Waals surface area contributed by atoms with Crippen molar-refractivity contribution in [3.8, 4) is 17.2 Å². The van der Waals surface area contributed by atoms with Crippen LogP contribution in [0.4, 0.5) is 0 Å². The molecule has 3 aromatic carbocycles.